The van der Waals surface area contributed by atoms with Crippen LogP contribution in [0.5, 0.6) is 0 Å². The van der Waals surface area contributed by atoms with Gasteiger partial charge in [-0.1, -0.05) is 41.9 Å². The van der Waals surface area contributed by atoms with Crippen LogP contribution >= 0.6 is 11.6 Å². The molecule has 0 aliphatic rings. The lowest BCUT2D eigenvalue weighted by Crippen LogP contribution is -1.99. The van der Waals surface area contributed by atoms with E-state index < -0.39 is 0 Å². The molecule has 0 unspecified atom stereocenters. The topological polar surface area (TPSA) is 35.8 Å². The Kier molecular flexibility index (Phi) is 4.22. The molecule has 1 N–H and O–H groups in total. The lowest BCUT2D eigenvalue weighted by molar-refractivity contribution is 1.15. The third-order valence-corrected chi connectivity index (χ3v) is 3.05. The van der Waals surface area contributed by atoms with Gasteiger partial charge in [-0.3, -0.25) is 0 Å². The van der Waals surface area contributed by atoms with Crippen LogP contribution in [0.3, 0.4) is 0 Å². The molecule has 0 spiro atoms. The molecule has 18 heavy (non-hydrogen) atoms. The second-order valence-corrected chi connectivity index (χ2v) is 4.38. The first-order valence-corrected chi connectivity index (χ1v) is 6.10. The number of benzene rings is 2. The highest BCUT2D eigenvalue weighted by atomic mass is 35.5. The zero-order valence-corrected chi connectivity index (χ0v) is 10.6. The van der Waals surface area contributed by atoms with Gasteiger partial charge >= 0.3 is 0 Å². The highest BCUT2D eigenvalue weighted by Crippen LogP contribution is 2.17. The van der Waals surface area contributed by atoms with Crippen molar-refractivity contribution in [1.29, 1.82) is 5.26 Å². The van der Waals surface area contributed by atoms with Crippen molar-refractivity contribution in [3.63, 3.8) is 0 Å². The van der Waals surface area contributed by atoms with Crippen molar-refractivity contribution in [3.8, 4) is 6.07 Å². The fourth-order valence-electron chi connectivity index (χ4n) is 1.67. The van der Waals surface area contributed by atoms with E-state index in [4.69, 9.17) is 16.9 Å². The number of hydrogen-bond acceptors (Lipinski definition) is 2. The van der Waals surface area contributed by atoms with Gasteiger partial charge in [-0.15, -0.1) is 0 Å². The first-order chi connectivity index (χ1) is 8.79. The Morgan fingerprint density at radius 2 is 1.78 bits per heavy atom. The van der Waals surface area contributed by atoms with Crippen molar-refractivity contribution in [2.75, 3.05) is 5.32 Å². The minimum absolute atomic E-state index is 0.449. The van der Waals surface area contributed by atoms with E-state index in [1.165, 1.54) is 0 Å². The average molecular weight is 257 g/mol. The predicted octanol–water partition coefficient (Wildman–Crippen LogP) is 4.02. The zero-order valence-electron chi connectivity index (χ0n) is 9.86. The molecule has 0 aliphatic carbocycles. The van der Waals surface area contributed by atoms with Crippen LogP contribution in [0, 0.1) is 11.3 Å². The Morgan fingerprint density at radius 1 is 1.06 bits per heavy atom. The molecule has 0 heterocycles. The number of nitrogens with zero attached hydrogens (tertiary/aromatic N) is 1. The van der Waals surface area contributed by atoms with E-state index in [1.807, 2.05) is 48.5 Å². The standard InChI is InChI=1S/C15H13ClN2/c16-15-4-2-1-3-13(15)11-18-14-7-5-12(6-8-14)9-10-17/h1-8,18H,9,11H2. The fraction of sp³-hybridized carbons (Fsp3) is 0.133. The summed E-state index contributed by atoms with van der Waals surface area (Å²) in [7, 11) is 0. The molecule has 0 bridgehead atoms. The number of anilines is 1. The third-order valence-electron chi connectivity index (χ3n) is 2.68. The van der Waals surface area contributed by atoms with Gasteiger partial charge in [0.05, 0.1) is 12.5 Å². The molecule has 2 aromatic rings. The van der Waals surface area contributed by atoms with E-state index in [2.05, 4.69) is 11.4 Å². The second kappa shape index (κ2) is 6.09. The van der Waals surface area contributed by atoms with Gasteiger partial charge in [-0.05, 0) is 29.3 Å². The van der Waals surface area contributed by atoms with Crippen molar-refractivity contribution in [2.24, 2.45) is 0 Å². The van der Waals surface area contributed by atoms with Gasteiger partial charge in [0.2, 0.25) is 0 Å². The molecule has 0 aromatic heterocycles. The van der Waals surface area contributed by atoms with E-state index in [0.717, 1.165) is 21.8 Å². The summed E-state index contributed by atoms with van der Waals surface area (Å²) >= 11 is 6.08. The molecule has 90 valence electrons. The van der Waals surface area contributed by atoms with Gasteiger partial charge in [-0.2, -0.15) is 5.26 Å². The quantitative estimate of drug-likeness (QED) is 0.897. The highest BCUT2D eigenvalue weighted by molar-refractivity contribution is 6.31. The number of nitrogens with one attached hydrogen (secondary N) is 1. The van der Waals surface area contributed by atoms with Crippen LogP contribution in [0.4, 0.5) is 5.69 Å². The van der Waals surface area contributed by atoms with Gasteiger partial charge in [0.1, 0.15) is 0 Å². The molecule has 2 rings (SSSR count). The van der Waals surface area contributed by atoms with Crippen LogP contribution in [0.2, 0.25) is 5.02 Å². The normalized spacial score (nSPS) is 9.78. The van der Waals surface area contributed by atoms with Crippen LogP contribution < -0.4 is 5.32 Å². The maximum absolute atomic E-state index is 8.59. The van der Waals surface area contributed by atoms with Crippen molar-refractivity contribution in [3.05, 3.63) is 64.7 Å². The lowest BCUT2D eigenvalue weighted by Gasteiger charge is -2.08. The molecule has 2 nitrogen and oxygen atoms in total. The van der Waals surface area contributed by atoms with Crippen molar-refractivity contribution < 1.29 is 0 Å². The Hall–Kier alpha value is -1.98. The Balaban J connectivity index is 1.98. The van der Waals surface area contributed by atoms with E-state index >= 15 is 0 Å². The predicted molar refractivity (Wildman–Crippen MR) is 74.5 cm³/mol. The fourth-order valence-corrected chi connectivity index (χ4v) is 1.87. The zero-order chi connectivity index (χ0) is 12.8. The molecule has 3 heteroatoms. The molecular formula is C15H13ClN2. The summed E-state index contributed by atoms with van der Waals surface area (Å²) in [6, 6.07) is 17.8. The average Bonchev–Trinajstić information content (AvgIpc) is 2.40. The smallest absolute Gasteiger partial charge is 0.0669 e. The van der Waals surface area contributed by atoms with Crippen LogP contribution in [-0.4, -0.2) is 0 Å². The first kappa shape index (κ1) is 12.5. The minimum Gasteiger partial charge on any atom is -0.381 e. The lowest BCUT2D eigenvalue weighted by atomic mass is 10.1. The van der Waals surface area contributed by atoms with Gasteiger partial charge in [0.25, 0.3) is 0 Å². The number of nitriles is 1. The number of hydrogen-bond donors (Lipinski definition) is 1. The summed E-state index contributed by atoms with van der Waals surface area (Å²) in [5.74, 6) is 0. The minimum atomic E-state index is 0.449. The largest absolute Gasteiger partial charge is 0.381 e. The summed E-state index contributed by atoms with van der Waals surface area (Å²) in [6.07, 6.45) is 0.449. The molecule has 0 saturated heterocycles. The summed E-state index contributed by atoms with van der Waals surface area (Å²) in [4.78, 5) is 0. The molecular weight excluding hydrogens is 244 g/mol. The van der Waals surface area contributed by atoms with Crippen LogP contribution in [0.25, 0.3) is 0 Å². The van der Waals surface area contributed by atoms with Crippen molar-refractivity contribution in [1.82, 2.24) is 0 Å². The SMILES string of the molecule is N#CCc1ccc(NCc2ccccc2Cl)cc1. The van der Waals surface area contributed by atoms with Gasteiger partial charge in [0, 0.05) is 17.3 Å². The number of halogens is 1. The van der Waals surface area contributed by atoms with E-state index in [-0.39, 0.29) is 0 Å². The first-order valence-electron chi connectivity index (χ1n) is 5.73. The Morgan fingerprint density at radius 3 is 2.44 bits per heavy atom. The van der Waals surface area contributed by atoms with Gasteiger partial charge in [0.15, 0.2) is 0 Å². The molecule has 0 radical (unpaired) electrons. The summed E-state index contributed by atoms with van der Waals surface area (Å²) in [6.45, 7) is 0.692. The Labute approximate surface area is 112 Å². The molecule has 2 aromatic carbocycles. The van der Waals surface area contributed by atoms with Crippen molar-refractivity contribution >= 4 is 17.3 Å². The molecule has 0 fully saturated rings. The summed E-state index contributed by atoms with van der Waals surface area (Å²) in [5, 5.41) is 12.7. The van der Waals surface area contributed by atoms with E-state index in [1.54, 1.807) is 0 Å². The maximum atomic E-state index is 8.59. The van der Waals surface area contributed by atoms with E-state index in [0.29, 0.717) is 13.0 Å². The van der Waals surface area contributed by atoms with E-state index in [9.17, 15) is 0 Å². The highest BCUT2D eigenvalue weighted by Gasteiger charge is 1.99. The number of rotatable bonds is 4. The second-order valence-electron chi connectivity index (χ2n) is 3.98. The molecule has 0 saturated carbocycles. The van der Waals surface area contributed by atoms with Gasteiger partial charge < -0.3 is 5.32 Å². The maximum Gasteiger partial charge on any atom is 0.0669 e. The van der Waals surface area contributed by atoms with Crippen molar-refractivity contribution in [2.45, 2.75) is 13.0 Å². The van der Waals surface area contributed by atoms with Gasteiger partial charge in [-0.25, -0.2) is 0 Å². The summed E-state index contributed by atoms with van der Waals surface area (Å²) < 4.78 is 0. The third kappa shape index (κ3) is 3.26. The van der Waals surface area contributed by atoms with Crippen LogP contribution in [-0.2, 0) is 13.0 Å². The molecule has 0 aliphatic heterocycles. The monoisotopic (exact) mass is 256 g/mol. The molecule has 0 atom stereocenters. The Bertz CT molecular complexity index is 555. The molecule has 0 amide bonds. The van der Waals surface area contributed by atoms with Crippen LogP contribution in [0.1, 0.15) is 11.1 Å². The summed E-state index contributed by atoms with van der Waals surface area (Å²) in [5.41, 5.74) is 3.12. The van der Waals surface area contributed by atoms with Crippen LogP contribution in [0.15, 0.2) is 48.5 Å².